The van der Waals surface area contributed by atoms with Crippen molar-refractivity contribution < 1.29 is 20.1 Å². The highest BCUT2D eigenvalue weighted by Crippen LogP contribution is 2.29. The molecule has 0 aliphatic carbocycles. The van der Waals surface area contributed by atoms with Crippen molar-refractivity contribution in [1.29, 1.82) is 5.26 Å². The summed E-state index contributed by atoms with van der Waals surface area (Å²) in [5, 5.41) is 36.3. The van der Waals surface area contributed by atoms with Crippen LogP contribution in [0.4, 0.5) is 0 Å². The van der Waals surface area contributed by atoms with Crippen molar-refractivity contribution in [2.45, 2.75) is 12.2 Å². The molecule has 0 bridgehead atoms. The van der Waals surface area contributed by atoms with E-state index in [1.807, 2.05) is 0 Å². The van der Waals surface area contributed by atoms with Gasteiger partial charge in [0.25, 0.3) is 0 Å². The van der Waals surface area contributed by atoms with Crippen LogP contribution in [-0.4, -0.2) is 28.5 Å². The van der Waals surface area contributed by atoms with Gasteiger partial charge in [0, 0.05) is 0 Å². The average Bonchev–Trinajstić information content (AvgIpc) is 2.26. The van der Waals surface area contributed by atoms with Gasteiger partial charge >= 0.3 is 0 Å². The molecule has 2 atom stereocenters. The number of aromatic hydroxyl groups is 1. The number of nitrogens with zero attached hydrogens (tertiary/aromatic N) is 1. The Morgan fingerprint density at radius 3 is 2.53 bits per heavy atom. The van der Waals surface area contributed by atoms with E-state index in [1.54, 1.807) is 0 Å². The Bertz CT molecular complexity index is 385. The van der Waals surface area contributed by atoms with E-state index in [2.05, 4.69) is 0 Å². The molecule has 0 saturated heterocycles. The van der Waals surface area contributed by atoms with E-state index in [9.17, 15) is 10.2 Å². The van der Waals surface area contributed by atoms with E-state index in [0.717, 1.165) is 0 Å². The van der Waals surface area contributed by atoms with Crippen molar-refractivity contribution >= 4 is 0 Å². The SMILES string of the molecule is COc1ccc(C(O)C(O)C#N)cc1O. The first-order chi connectivity index (χ1) is 7.10. The largest absolute Gasteiger partial charge is 0.504 e. The zero-order valence-corrected chi connectivity index (χ0v) is 8.08. The van der Waals surface area contributed by atoms with Crippen molar-refractivity contribution in [1.82, 2.24) is 0 Å². The molecule has 1 aromatic rings. The van der Waals surface area contributed by atoms with Crippen molar-refractivity contribution in [3.8, 4) is 17.6 Å². The van der Waals surface area contributed by atoms with Gasteiger partial charge in [0.1, 0.15) is 6.10 Å². The number of ether oxygens (including phenoxy) is 1. The summed E-state index contributed by atoms with van der Waals surface area (Å²) >= 11 is 0. The molecule has 0 aliphatic rings. The van der Waals surface area contributed by atoms with Crippen LogP contribution in [0, 0.1) is 11.3 Å². The van der Waals surface area contributed by atoms with Crippen molar-refractivity contribution in [3.63, 3.8) is 0 Å². The van der Waals surface area contributed by atoms with Gasteiger partial charge in [-0.1, -0.05) is 6.07 Å². The Kier molecular flexibility index (Phi) is 3.50. The summed E-state index contributed by atoms with van der Waals surface area (Å²) in [7, 11) is 1.40. The molecular weight excluding hydrogens is 198 g/mol. The molecule has 0 radical (unpaired) electrons. The highest BCUT2D eigenvalue weighted by Gasteiger charge is 2.18. The van der Waals surface area contributed by atoms with Crippen LogP contribution in [0.25, 0.3) is 0 Å². The quantitative estimate of drug-likeness (QED) is 0.623. The molecule has 0 aliphatic heterocycles. The summed E-state index contributed by atoms with van der Waals surface area (Å²) in [6.45, 7) is 0. The fraction of sp³-hybridized carbons (Fsp3) is 0.300. The molecular formula is C10H11NO4. The molecule has 0 saturated carbocycles. The lowest BCUT2D eigenvalue weighted by Crippen LogP contribution is -2.15. The van der Waals surface area contributed by atoms with E-state index >= 15 is 0 Å². The van der Waals surface area contributed by atoms with E-state index in [4.69, 9.17) is 15.1 Å². The summed E-state index contributed by atoms with van der Waals surface area (Å²) in [6, 6.07) is 5.65. The predicted molar refractivity (Wildman–Crippen MR) is 51.2 cm³/mol. The van der Waals surface area contributed by atoms with Gasteiger partial charge in [0.05, 0.1) is 13.2 Å². The van der Waals surface area contributed by atoms with Gasteiger partial charge in [-0.25, -0.2) is 0 Å². The molecule has 3 N–H and O–H groups in total. The molecule has 0 amide bonds. The third-order valence-electron chi connectivity index (χ3n) is 1.98. The smallest absolute Gasteiger partial charge is 0.170 e. The second kappa shape index (κ2) is 4.64. The number of aliphatic hydroxyl groups is 2. The second-order valence-corrected chi connectivity index (χ2v) is 2.95. The Morgan fingerprint density at radius 2 is 2.07 bits per heavy atom. The summed E-state index contributed by atoms with van der Waals surface area (Å²) in [6.07, 6.45) is -2.86. The molecule has 2 unspecified atom stereocenters. The number of nitriles is 1. The van der Waals surface area contributed by atoms with Crippen LogP contribution in [-0.2, 0) is 0 Å². The van der Waals surface area contributed by atoms with E-state index < -0.39 is 12.2 Å². The fourth-order valence-electron chi connectivity index (χ4n) is 1.14. The standard InChI is InChI=1S/C10H11NO4/c1-15-9-3-2-6(4-7(9)12)10(14)8(13)5-11/h2-4,8,10,12-14H,1H3. The highest BCUT2D eigenvalue weighted by atomic mass is 16.5. The minimum absolute atomic E-state index is 0.154. The number of methoxy groups -OCH3 is 1. The third-order valence-corrected chi connectivity index (χ3v) is 1.98. The summed E-state index contributed by atoms with van der Waals surface area (Å²) in [5.74, 6) is 0.108. The van der Waals surface area contributed by atoms with Gasteiger partial charge in [-0.3, -0.25) is 0 Å². The lowest BCUT2D eigenvalue weighted by Gasteiger charge is -2.13. The number of aliphatic hydroxyl groups excluding tert-OH is 2. The third kappa shape index (κ3) is 2.37. The molecule has 0 fully saturated rings. The van der Waals surface area contributed by atoms with Gasteiger partial charge in [-0.2, -0.15) is 5.26 Å². The number of hydrogen-bond donors (Lipinski definition) is 3. The van der Waals surface area contributed by atoms with Crippen LogP contribution in [0.5, 0.6) is 11.5 Å². The van der Waals surface area contributed by atoms with Crippen LogP contribution >= 0.6 is 0 Å². The fourth-order valence-corrected chi connectivity index (χ4v) is 1.14. The van der Waals surface area contributed by atoms with Crippen LogP contribution < -0.4 is 4.74 Å². The number of phenols is 1. The molecule has 1 aromatic carbocycles. The number of hydrogen-bond acceptors (Lipinski definition) is 5. The van der Waals surface area contributed by atoms with E-state index in [0.29, 0.717) is 0 Å². The minimum Gasteiger partial charge on any atom is -0.504 e. The lowest BCUT2D eigenvalue weighted by atomic mass is 10.0. The predicted octanol–water partition coefficient (Wildman–Crippen LogP) is 0.319. The summed E-state index contributed by atoms with van der Waals surface area (Å²) < 4.78 is 4.81. The van der Waals surface area contributed by atoms with Gasteiger partial charge in [0.15, 0.2) is 17.6 Å². The molecule has 15 heavy (non-hydrogen) atoms. The number of phenolic OH excluding ortho intramolecular Hbond substituents is 1. The highest BCUT2D eigenvalue weighted by molar-refractivity contribution is 5.42. The maximum Gasteiger partial charge on any atom is 0.170 e. The van der Waals surface area contributed by atoms with Gasteiger partial charge < -0.3 is 20.1 Å². The number of benzene rings is 1. The molecule has 0 aromatic heterocycles. The first-order valence-corrected chi connectivity index (χ1v) is 4.22. The average molecular weight is 209 g/mol. The summed E-state index contributed by atoms with van der Waals surface area (Å²) in [4.78, 5) is 0. The first-order valence-electron chi connectivity index (χ1n) is 4.22. The number of rotatable bonds is 3. The van der Waals surface area contributed by atoms with Crippen LogP contribution in [0.15, 0.2) is 18.2 Å². The van der Waals surface area contributed by atoms with Crippen LogP contribution in [0.2, 0.25) is 0 Å². The monoisotopic (exact) mass is 209 g/mol. The molecule has 0 heterocycles. The first kappa shape index (κ1) is 11.3. The Hall–Kier alpha value is -1.77. The lowest BCUT2D eigenvalue weighted by molar-refractivity contribution is 0.0526. The second-order valence-electron chi connectivity index (χ2n) is 2.95. The maximum atomic E-state index is 9.45. The molecule has 5 heteroatoms. The zero-order valence-electron chi connectivity index (χ0n) is 8.08. The zero-order chi connectivity index (χ0) is 11.4. The molecule has 80 valence electrons. The van der Waals surface area contributed by atoms with Crippen molar-refractivity contribution in [3.05, 3.63) is 23.8 Å². The van der Waals surface area contributed by atoms with Gasteiger partial charge in [-0.15, -0.1) is 0 Å². The Morgan fingerprint density at radius 1 is 1.40 bits per heavy atom. The Balaban J connectivity index is 2.98. The molecule has 1 rings (SSSR count). The van der Waals surface area contributed by atoms with Gasteiger partial charge in [0.2, 0.25) is 0 Å². The van der Waals surface area contributed by atoms with Crippen LogP contribution in [0.1, 0.15) is 11.7 Å². The minimum atomic E-state index is -1.52. The van der Waals surface area contributed by atoms with E-state index in [-0.39, 0.29) is 17.1 Å². The molecule has 5 nitrogen and oxygen atoms in total. The maximum absolute atomic E-state index is 9.45. The van der Waals surface area contributed by atoms with Crippen molar-refractivity contribution in [2.75, 3.05) is 7.11 Å². The topological polar surface area (TPSA) is 93.7 Å². The summed E-state index contributed by atoms with van der Waals surface area (Å²) in [5.41, 5.74) is 0.252. The normalized spacial score (nSPS) is 14.0. The van der Waals surface area contributed by atoms with Crippen LogP contribution in [0.3, 0.4) is 0 Å². The van der Waals surface area contributed by atoms with Gasteiger partial charge in [-0.05, 0) is 17.7 Å². The van der Waals surface area contributed by atoms with E-state index in [1.165, 1.54) is 31.4 Å². The van der Waals surface area contributed by atoms with Crippen molar-refractivity contribution in [2.24, 2.45) is 0 Å². The molecule has 0 spiro atoms. The Labute approximate surface area is 86.8 Å².